The fourth-order valence-corrected chi connectivity index (χ4v) is 2.51. The molecular weight excluding hydrogens is 292 g/mol. The summed E-state index contributed by atoms with van der Waals surface area (Å²) in [7, 11) is 3.23. The maximum Gasteiger partial charge on any atom is 0.364 e. The number of rotatable bonds is 5. The molecule has 4 heteroatoms. The second-order valence-corrected chi connectivity index (χ2v) is 4.97. The van der Waals surface area contributed by atoms with E-state index >= 15 is 0 Å². The summed E-state index contributed by atoms with van der Waals surface area (Å²) in [6.07, 6.45) is 0. The molecule has 0 saturated heterocycles. The summed E-state index contributed by atoms with van der Waals surface area (Å²) >= 11 is 0. The Labute approximate surface area is 135 Å². The largest absolute Gasteiger partial charge is 0.493 e. The van der Waals surface area contributed by atoms with Crippen LogP contribution in [0, 0.1) is 0 Å². The Morgan fingerprint density at radius 3 is 2.39 bits per heavy atom. The molecule has 0 spiro atoms. The van der Waals surface area contributed by atoms with Gasteiger partial charge < -0.3 is 14.2 Å². The van der Waals surface area contributed by atoms with Crippen molar-refractivity contribution < 1.29 is 18.6 Å². The first-order chi connectivity index (χ1) is 11.3. The Bertz CT molecular complexity index is 827. The third kappa shape index (κ3) is 2.93. The van der Waals surface area contributed by atoms with Crippen LogP contribution in [-0.4, -0.2) is 20.8 Å². The minimum Gasteiger partial charge on any atom is -0.493 e. The number of hydrogen-bond acceptors (Lipinski definition) is 3. The van der Waals surface area contributed by atoms with Gasteiger partial charge in [0.05, 0.1) is 32.5 Å². The summed E-state index contributed by atoms with van der Waals surface area (Å²) in [6, 6.07) is 15.4. The van der Waals surface area contributed by atoms with Crippen LogP contribution in [0.5, 0.6) is 17.2 Å². The van der Waals surface area contributed by atoms with Crippen LogP contribution in [0.15, 0.2) is 52.9 Å². The minimum absolute atomic E-state index is 0.597. The van der Waals surface area contributed by atoms with Crippen molar-refractivity contribution >= 4 is 11.0 Å². The highest BCUT2D eigenvalue weighted by Gasteiger charge is 2.21. The van der Waals surface area contributed by atoms with E-state index in [0.717, 1.165) is 22.3 Å². The zero-order valence-electron chi connectivity index (χ0n) is 13.5. The fraction of sp³-hybridized carbons (Fsp3) is 0.211. The van der Waals surface area contributed by atoms with Gasteiger partial charge >= 0.3 is 11.3 Å². The Morgan fingerprint density at radius 2 is 1.65 bits per heavy atom. The van der Waals surface area contributed by atoms with E-state index in [1.807, 2.05) is 55.5 Å². The second-order valence-electron chi connectivity index (χ2n) is 4.97. The molecule has 0 aliphatic carbocycles. The molecule has 0 aliphatic rings. The van der Waals surface area contributed by atoms with Gasteiger partial charge in [-0.15, -0.1) is 0 Å². The van der Waals surface area contributed by atoms with Gasteiger partial charge in [-0.05, 0) is 25.1 Å². The summed E-state index contributed by atoms with van der Waals surface area (Å²) in [4.78, 5) is 0. The van der Waals surface area contributed by atoms with Crippen LogP contribution in [0.1, 0.15) is 6.92 Å². The van der Waals surface area contributed by atoms with Gasteiger partial charge in [-0.2, -0.15) is 0 Å². The molecular formula is C19H19O4+. The van der Waals surface area contributed by atoms with Gasteiger partial charge in [0.1, 0.15) is 11.1 Å². The highest BCUT2D eigenvalue weighted by Crippen LogP contribution is 2.36. The van der Waals surface area contributed by atoms with Gasteiger partial charge in [0.25, 0.3) is 0 Å². The lowest BCUT2D eigenvalue weighted by Gasteiger charge is -2.08. The number of methoxy groups -OCH3 is 2. The summed E-state index contributed by atoms with van der Waals surface area (Å²) < 4.78 is 22.4. The number of benzene rings is 2. The maximum absolute atomic E-state index is 6.03. The number of ether oxygens (including phenoxy) is 3. The van der Waals surface area contributed by atoms with Gasteiger partial charge in [0.15, 0.2) is 11.5 Å². The van der Waals surface area contributed by atoms with Crippen molar-refractivity contribution in [1.29, 1.82) is 0 Å². The van der Waals surface area contributed by atoms with Crippen LogP contribution < -0.4 is 14.2 Å². The van der Waals surface area contributed by atoms with E-state index in [9.17, 15) is 0 Å². The lowest BCUT2D eigenvalue weighted by Crippen LogP contribution is -1.94. The summed E-state index contributed by atoms with van der Waals surface area (Å²) in [5.41, 5.74) is 1.68. The van der Waals surface area contributed by atoms with E-state index in [1.54, 1.807) is 14.2 Å². The Morgan fingerprint density at radius 1 is 0.870 bits per heavy atom. The van der Waals surface area contributed by atoms with E-state index in [2.05, 4.69) is 0 Å². The second kappa shape index (κ2) is 6.57. The van der Waals surface area contributed by atoms with E-state index in [1.165, 1.54) is 0 Å². The lowest BCUT2D eigenvalue weighted by atomic mass is 10.1. The quantitative estimate of drug-likeness (QED) is 0.635. The Balaban J connectivity index is 2.16. The van der Waals surface area contributed by atoms with Crippen LogP contribution >= 0.6 is 0 Å². The van der Waals surface area contributed by atoms with Crippen molar-refractivity contribution in [1.82, 2.24) is 0 Å². The standard InChI is InChI=1S/C19H19O4/c1-4-22-18-12-17(23-15-8-6-5-7-14(15)18)13-9-10-16(20-2)19(11-13)21-3/h5-12H,4H2,1-3H3/q+1. The highest BCUT2D eigenvalue weighted by atomic mass is 16.5. The molecule has 0 radical (unpaired) electrons. The number of fused-ring (bicyclic) bond motifs is 1. The number of para-hydroxylation sites is 1. The molecule has 3 rings (SSSR count). The van der Waals surface area contributed by atoms with Crippen LogP contribution in [0.3, 0.4) is 0 Å². The molecule has 0 amide bonds. The van der Waals surface area contributed by atoms with Crippen LogP contribution in [0.25, 0.3) is 22.3 Å². The molecule has 2 aromatic carbocycles. The van der Waals surface area contributed by atoms with Crippen molar-refractivity contribution in [3.8, 4) is 28.6 Å². The first-order valence-electron chi connectivity index (χ1n) is 7.48. The van der Waals surface area contributed by atoms with Crippen molar-refractivity contribution in [2.75, 3.05) is 20.8 Å². The topological polar surface area (TPSA) is 39.0 Å². The van der Waals surface area contributed by atoms with Crippen LogP contribution in [0.2, 0.25) is 0 Å². The molecule has 23 heavy (non-hydrogen) atoms. The summed E-state index contributed by atoms with van der Waals surface area (Å²) in [6.45, 7) is 2.56. The predicted octanol–water partition coefficient (Wildman–Crippen LogP) is 4.80. The van der Waals surface area contributed by atoms with Gasteiger partial charge in [-0.1, -0.05) is 12.1 Å². The summed E-state index contributed by atoms with van der Waals surface area (Å²) in [5, 5.41) is 0.957. The third-order valence-corrected chi connectivity index (χ3v) is 3.60. The SMILES string of the molecule is CCOc1cc(-c2ccc(OC)c(OC)c2)[o+]c2ccccc12. The molecule has 0 N–H and O–H groups in total. The third-order valence-electron chi connectivity index (χ3n) is 3.60. The van der Waals surface area contributed by atoms with E-state index in [-0.39, 0.29) is 0 Å². The first-order valence-corrected chi connectivity index (χ1v) is 7.48. The molecule has 1 heterocycles. The van der Waals surface area contributed by atoms with Gasteiger partial charge in [0.2, 0.25) is 0 Å². The zero-order valence-corrected chi connectivity index (χ0v) is 13.5. The number of hydrogen-bond donors (Lipinski definition) is 0. The monoisotopic (exact) mass is 311 g/mol. The molecule has 1 aromatic heterocycles. The molecule has 0 unspecified atom stereocenters. The molecule has 0 saturated carbocycles. The molecule has 3 aromatic rings. The van der Waals surface area contributed by atoms with Crippen molar-refractivity contribution in [3.63, 3.8) is 0 Å². The predicted molar refractivity (Wildman–Crippen MR) is 90.3 cm³/mol. The highest BCUT2D eigenvalue weighted by molar-refractivity contribution is 5.85. The average molecular weight is 311 g/mol. The molecule has 0 fully saturated rings. The van der Waals surface area contributed by atoms with Crippen molar-refractivity contribution in [2.45, 2.75) is 6.92 Å². The van der Waals surface area contributed by atoms with E-state index in [4.69, 9.17) is 18.6 Å². The lowest BCUT2D eigenvalue weighted by molar-refractivity contribution is 0.342. The van der Waals surface area contributed by atoms with Gasteiger partial charge in [-0.3, -0.25) is 0 Å². The van der Waals surface area contributed by atoms with Gasteiger partial charge in [-0.25, -0.2) is 4.42 Å². The van der Waals surface area contributed by atoms with E-state index in [0.29, 0.717) is 23.9 Å². The average Bonchev–Trinajstić information content (AvgIpc) is 2.61. The van der Waals surface area contributed by atoms with Crippen molar-refractivity contribution in [2.24, 2.45) is 0 Å². The molecule has 0 bridgehead atoms. The molecule has 0 atom stereocenters. The Kier molecular flexibility index (Phi) is 4.33. The van der Waals surface area contributed by atoms with E-state index < -0.39 is 0 Å². The molecule has 118 valence electrons. The normalized spacial score (nSPS) is 10.6. The first kappa shape index (κ1) is 15.2. The van der Waals surface area contributed by atoms with Crippen LogP contribution in [0.4, 0.5) is 0 Å². The van der Waals surface area contributed by atoms with Crippen LogP contribution in [-0.2, 0) is 0 Å². The molecule has 4 nitrogen and oxygen atoms in total. The molecule has 0 aliphatic heterocycles. The fourth-order valence-electron chi connectivity index (χ4n) is 2.51. The maximum atomic E-state index is 6.03. The zero-order chi connectivity index (χ0) is 16.2. The minimum atomic E-state index is 0.597. The van der Waals surface area contributed by atoms with Gasteiger partial charge in [0, 0.05) is 12.1 Å². The summed E-state index contributed by atoms with van der Waals surface area (Å²) in [5.74, 6) is 2.86. The Hall–Kier alpha value is -2.75. The van der Waals surface area contributed by atoms with Crippen molar-refractivity contribution in [3.05, 3.63) is 48.5 Å². The smallest absolute Gasteiger partial charge is 0.364 e.